The third-order valence-corrected chi connectivity index (χ3v) is 3.98. The van der Waals surface area contributed by atoms with E-state index >= 15 is 0 Å². The maximum atomic E-state index is 4.48. The van der Waals surface area contributed by atoms with Crippen LogP contribution in [-0.2, 0) is 0 Å². The number of hydrogen-bond donors (Lipinski definition) is 4. The van der Waals surface area contributed by atoms with Crippen LogP contribution < -0.4 is 29.9 Å². The number of hydrogen-bond acceptors (Lipinski definition) is 0. The molecule has 2 aromatic heterocycles. The molecule has 0 fully saturated rings. The Morgan fingerprint density at radius 3 is 0.743 bits per heavy atom. The monoisotopic (exact) mass is 606 g/mol. The van der Waals surface area contributed by atoms with Crippen LogP contribution >= 0.6 is 0 Å². The van der Waals surface area contributed by atoms with Crippen LogP contribution in [0, 0.1) is 0 Å². The number of rotatable bonds is 4. The summed E-state index contributed by atoms with van der Waals surface area (Å²) < 4.78 is 0. The summed E-state index contributed by atoms with van der Waals surface area (Å²) in [7, 11) is 0. The summed E-state index contributed by atoms with van der Waals surface area (Å²) in [4.78, 5) is 22.2. The quantitative estimate of drug-likeness (QED) is 0.243. The number of aromatic nitrogens is 2. The molecule has 2 rings (SSSR count). The minimum Gasteiger partial charge on any atom is -0.648 e. The molecule has 0 spiro atoms. The minimum absolute atomic E-state index is 0. The van der Waals surface area contributed by atoms with Gasteiger partial charge in [-0.1, -0.05) is 47.0 Å². The van der Waals surface area contributed by atoms with Gasteiger partial charge in [0, 0.05) is 0 Å². The first-order valence-electron chi connectivity index (χ1n) is 12.0. The molecule has 0 unspecified atom stereocenters. The summed E-state index contributed by atoms with van der Waals surface area (Å²) in [5.74, 6) is 0. The van der Waals surface area contributed by atoms with Gasteiger partial charge < -0.3 is 9.97 Å². The van der Waals surface area contributed by atoms with Crippen molar-refractivity contribution in [2.45, 2.75) is 105 Å². The van der Waals surface area contributed by atoms with Crippen molar-refractivity contribution in [3.63, 3.8) is 0 Å². The van der Waals surface area contributed by atoms with Gasteiger partial charge >= 0.3 is 48.9 Å². The summed E-state index contributed by atoms with van der Waals surface area (Å²) in [6.45, 7) is 25.5. The Hall–Kier alpha value is -1.19. The fraction of sp³-hybridized carbons (Fsp3) is 0.571. The first-order valence-corrected chi connectivity index (χ1v) is 12.0. The molecule has 2 heterocycles. The largest absolute Gasteiger partial charge is 2.00 e. The predicted octanol–water partition coefficient (Wildman–Crippen LogP) is -1.90. The second-order valence-corrected chi connectivity index (χ2v) is 12.7. The van der Waals surface area contributed by atoms with Crippen molar-refractivity contribution >= 4 is 73.7 Å². The normalized spacial score (nSPS) is 13.6. The van der Waals surface area contributed by atoms with Gasteiger partial charge in [-0.05, 0) is 83.1 Å². The molecule has 188 valence electrons. The molecule has 4 N–H and O–H groups in total. The van der Waals surface area contributed by atoms with Gasteiger partial charge in [-0.15, -0.1) is 0 Å². The Bertz CT molecular complexity index is 835. The van der Waals surface area contributed by atoms with E-state index in [0.29, 0.717) is 0 Å². The molecule has 0 atom stereocenters. The Morgan fingerprint density at radius 2 is 0.600 bits per heavy atom. The van der Waals surface area contributed by atoms with Gasteiger partial charge in [-0.3, -0.25) is 0 Å². The van der Waals surface area contributed by atoms with Crippen LogP contribution in [-0.4, -0.2) is 95.9 Å². The van der Waals surface area contributed by atoms with E-state index in [0.717, 1.165) is 22.8 Å². The van der Waals surface area contributed by atoms with Crippen molar-refractivity contribution in [2.75, 3.05) is 0 Å². The molecule has 0 aliphatic rings. The molecule has 0 radical (unpaired) electrons. The van der Waals surface area contributed by atoms with Crippen molar-refractivity contribution in [3.8, 4) is 0 Å². The van der Waals surface area contributed by atoms with Crippen molar-refractivity contribution in [1.29, 1.82) is 0 Å². The summed E-state index contributed by atoms with van der Waals surface area (Å²) in [6.07, 6.45) is 7.81. The molecule has 0 amide bonds. The van der Waals surface area contributed by atoms with Gasteiger partial charge in [0.2, 0.25) is 0 Å². The van der Waals surface area contributed by atoms with E-state index in [-0.39, 0.29) is 71.0 Å². The molecule has 6 nitrogen and oxygen atoms in total. The molecule has 0 bridgehead atoms. The molecule has 0 aromatic carbocycles. The molecule has 0 aliphatic carbocycles. The zero-order chi connectivity index (χ0) is 26.2. The SMILES string of the molecule is CC(C)(C)[NH+]=Cc1ccc(C=[NH+]C(C)(C)C)[n-]1.CC(C)(C)[NH+]=Cc1ccc(C=[NH+]C(C)(C)C)[n-]1.[Ba+2]. The van der Waals surface area contributed by atoms with Crippen molar-refractivity contribution in [1.82, 2.24) is 9.97 Å². The Kier molecular flexibility index (Phi) is 13.5. The van der Waals surface area contributed by atoms with E-state index < -0.39 is 0 Å². The molecular formula is C28H48BaN6+4. The van der Waals surface area contributed by atoms with Crippen LogP contribution in [0.4, 0.5) is 0 Å². The topological polar surface area (TPSA) is 84.1 Å². The fourth-order valence-electron chi connectivity index (χ4n) is 2.27. The van der Waals surface area contributed by atoms with E-state index in [1.54, 1.807) is 0 Å². The zero-order valence-corrected chi connectivity index (χ0v) is 28.7. The molecule has 0 aliphatic heterocycles. The summed E-state index contributed by atoms with van der Waals surface area (Å²) in [5.41, 5.74) is 4.14. The van der Waals surface area contributed by atoms with E-state index in [1.807, 2.05) is 49.1 Å². The second kappa shape index (κ2) is 13.9. The minimum atomic E-state index is 0. The summed E-state index contributed by atoms with van der Waals surface area (Å²) in [6, 6.07) is 8.04. The van der Waals surface area contributed by atoms with Gasteiger partial charge in [-0.2, -0.15) is 0 Å². The Labute approximate surface area is 253 Å². The molecule has 35 heavy (non-hydrogen) atoms. The first-order chi connectivity index (χ1) is 15.3. The van der Waals surface area contributed by atoms with Gasteiger partial charge in [0.25, 0.3) is 0 Å². The number of nitrogens with zero attached hydrogens (tertiary/aromatic N) is 2. The standard InChI is InChI=1S/2C14H22N3.Ba/c2*1-13(2,3)15-9-11-7-8-12(17-11)10-16-14(4,5)6;/h2*7-10H,1-6H3;/q2*-1;+2/p+4. The van der Waals surface area contributed by atoms with Gasteiger partial charge in [0.15, 0.2) is 22.2 Å². The van der Waals surface area contributed by atoms with E-state index in [2.05, 4.69) is 113 Å². The van der Waals surface area contributed by atoms with Crippen LogP contribution in [0.1, 0.15) is 106 Å². The van der Waals surface area contributed by atoms with Crippen molar-refractivity contribution in [3.05, 3.63) is 47.0 Å². The van der Waals surface area contributed by atoms with Crippen LogP contribution in [0.3, 0.4) is 0 Å². The second-order valence-electron chi connectivity index (χ2n) is 12.7. The van der Waals surface area contributed by atoms with Crippen LogP contribution in [0.5, 0.6) is 0 Å². The van der Waals surface area contributed by atoms with Gasteiger partial charge in [0.1, 0.15) is 24.9 Å². The first kappa shape index (κ1) is 33.8. The van der Waals surface area contributed by atoms with E-state index in [9.17, 15) is 0 Å². The summed E-state index contributed by atoms with van der Waals surface area (Å²) >= 11 is 0. The van der Waals surface area contributed by atoms with Crippen molar-refractivity contribution in [2.24, 2.45) is 0 Å². The fourth-order valence-corrected chi connectivity index (χ4v) is 2.27. The van der Waals surface area contributed by atoms with Crippen LogP contribution in [0.2, 0.25) is 0 Å². The summed E-state index contributed by atoms with van der Waals surface area (Å²) in [5, 5.41) is 0. The van der Waals surface area contributed by atoms with Crippen LogP contribution in [0.25, 0.3) is 0 Å². The molecular weight excluding hydrogens is 558 g/mol. The third kappa shape index (κ3) is 18.7. The van der Waals surface area contributed by atoms with E-state index in [4.69, 9.17) is 0 Å². The molecule has 2 aromatic rings. The molecule has 0 saturated heterocycles. The van der Waals surface area contributed by atoms with Crippen LogP contribution in [0.15, 0.2) is 24.3 Å². The van der Waals surface area contributed by atoms with E-state index in [1.165, 1.54) is 0 Å². The molecule has 7 heteroatoms. The smallest absolute Gasteiger partial charge is 0.648 e. The maximum Gasteiger partial charge on any atom is 2.00 e. The third-order valence-electron chi connectivity index (χ3n) is 3.98. The Morgan fingerprint density at radius 1 is 0.429 bits per heavy atom. The average Bonchev–Trinajstić information content (AvgIpc) is 3.29. The van der Waals surface area contributed by atoms with Gasteiger partial charge in [0.05, 0.1) is 0 Å². The maximum absolute atomic E-state index is 4.48. The zero-order valence-electron chi connectivity index (χ0n) is 24.2. The Balaban J connectivity index is 0.000000642. The number of nitrogens with one attached hydrogen (secondary N) is 4. The molecule has 0 saturated carbocycles. The van der Waals surface area contributed by atoms with Gasteiger partial charge in [-0.25, -0.2) is 20.0 Å². The van der Waals surface area contributed by atoms with Crippen molar-refractivity contribution < 1.29 is 20.0 Å². The average molecular weight is 606 g/mol. The predicted molar refractivity (Wildman–Crippen MR) is 149 cm³/mol.